The average molecular weight is 220 g/mol. The summed E-state index contributed by atoms with van der Waals surface area (Å²) in [6, 6.07) is 3.05. The number of carboxylic acids is 1. The van der Waals surface area contributed by atoms with Crippen molar-refractivity contribution in [1.29, 1.82) is 0 Å². The van der Waals surface area contributed by atoms with E-state index in [0.717, 1.165) is 5.82 Å². The molecule has 0 saturated carbocycles. The Kier molecular flexibility index (Phi) is 2.57. The van der Waals surface area contributed by atoms with Crippen LogP contribution in [0.1, 0.15) is 16.2 Å². The number of hydrogen-bond acceptors (Lipinski definition) is 4. The van der Waals surface area contributed by atoms with E-state index >= 15 is 0 Å². The largest absolute Gasteiger partial charge is 0.478 e. The number of pyridine rings is 1. The first kappa shape index (κ1) is 10.6. The fourth-order valence-corrected chi connectivity index (χ4v) is 1.46. The van der Waals surface area contributed by atoms with E-state index in [1.165, 1.54) is 12.1 Å². The van der Waals surface area contributed by atoms with Crippen LogP contribution in [0.4, 0.5) is 0 Å². The molecule has 0 aliphatic carbocycles. The number of carbonyl (C=O) groups is 1. The molecule has 0 bridgehead atoms. The Balaban J connectivity index is 2.46. The predicted molar refractivity (Wildman–Crippen MR) is 57.3 cm³/mol. The zero-order valence-corrected chi connectivity index (χ0v) is 9.08. The van der Waals surface area contributed by atoms with Gasteiger partial charge in [0.2, 0.25) is 0 Å². The van der Waals surface area contributed by atoms with Crippen LogP contribution in [-0.2, 0) is 6.54 Å². The van der Waals surface area contributed by atoms with E-state index in [1.54, 1.807) is 10.6 Å². The molecule has 16 heavy (non-hydrogen) atoms. The van der Waals surface area contributed by atoms with Crippen molar-refractivity contribution in [3.63, 3.8) is 0 Å². The highest BCUT2D eigenvalue weighted by molar-refractivity contribution is 5.88. The normalized spacial score (nSPS) is 11.2. The minimum atomic E-state index is -0.959. The summed E-state index contributed by atoms with van der Waals surface area (Å²) in [5.74, 6) is -0.170. The van der Waals surface area contributed by atoms with Gasteiger partial charge in [0, 0.05) is 6.20 Å². The number of fused-ring (bicyclic) bond motifs is 1. The second-order valence-corrected chi connectivity index (χ2v) is 3.80. The van der Waals surface area contributed by atoms with Crippen LogP contribution in [0.15, 0.2) is 18.3 Å². The fourth-order valence-electron chi connectivity index (χ4n) is 1.46. The Hall–Kier alpha value is -1.95. The van der Waals surface area contributed by atoms with Crippen LogP contribution >= 0.6 is 0 Å². The summed E-state index contributed by atoms with van der Waals surface area (Å²) in [5.41, 5.74) is 0.771. The fraction of sp³-hybridized carbons (Fsp3) is 0.300. The van der Waals surface area contributed by atoms with Gasteiger partial charge < -0.3 is 10.0 Å². The minimum Gasteiger partial charge on any atom is -0.478 e. The smallest absolute Gasteiger partial charge is 0.335 e. The third kappa shape index (κ3) is 1.87. The van der Waals surface area contributed by atoms with E-state index in [-0.39, 0.29) is 5.56 Å². The van der Waals surface area contributed by atoms with Gasteiger partial charge in [0.25, 0.3) is 0 Å². The third-order valence-corrected chi connectivity index (χ3v) is 2.19. The molecular formula is C10H12N4O2. The van der Waals surface area contributed by atoms with Gasteiger partial charge in [-0.1, -0.05) is 0 Å². The first-order chi connectivity index (χ1) is 7.58. The molecule has 2 aromatic rings. The van der Waals surface area contributed by atoms with Gasteiger partial charge in [-0.2, -0.15) is 0 Å². The van der Waals surface area contributed by atoms with Gasteiger partial charge in [-0.05, 0) is 26.2 Å². The zero-order chi connectivity index (χ0) is 11.7. The zero-order valence-electron chi connectivity index (χ0n) is 9.08. The lowest BCUT2D eigenvalue weighted by Gasteiger charge is -2.07. The van der Waals surface area contributed by atoms with Crippen LogP contribution in [0.2, 0.25) is 0 Å². The van der Waals surface area contributed by atoms with Gasteiger partial charge in [-0.15, -0.1) is 10.2 Å². The summed E-state index contributed by atoms with van der Waals surface area (Å²) in [6.45, 7) is 0.660. The van der Waals surface area contributed by atoms with Gasteiger partial charge >= 0.3 is 5.97 Å². The monoisotopic (exact) mass is 220 g/mol. The Morgan fingerprint density at radius 1 is 1.50 bits per heavy atom. The lowest BCUT2D eigenvalue weighted by atomic mass is 10.3. The van der Waals surface area contributed by atoms with Gasteiger partial charge in [0.05, 0.1) is 12.1 Å². The Bertz CT molecular complexity index is 533. The summed E-state index contributed by atoms with van der Waals surface area (Å²) in [6.07, 6.45) is 1.68. The van der Waals surface area contributed by atoms with E-state index in [9.17, 15) is 4.79 Å². The molecule has 0 unspecified atom stereocenters. The summed E-state index contributed by atoms with van der Waals surface area (Å²) >= 11 is 0. The maximum atomic E-state index is 10.8. The van der Waals surface area contributed by atoms with Crippen molar-refractivity contribution < 1.29 is 9.90 Å². The number of carboxylic acid groups (broad SMARTS) is 1. The van der Waals surface area contributed by atoms with Crippen LogP contribution in [0.5, 0.6) is 0 Å². The van der Waals surface area contributed by atoms with Crippen LogP contribution in [0, 0.1) is 0 Å². The molecular weight excluding hydrogens is 208 g/mol. The van der Waals surface area contributed by atoms with E-state index in [4.69, 9.17) is 5.11 Å². The second kappa shape index (κ2) is 3.90. The molecule has 1 N–H and O–H groups in total. The SMILES string of the molecule is CN(C)Cc1nnc2cc(C(=O)O)ccn12. The van der Waals surface area contributed by atoms with E-state index < -0.39 is 5.97 Å². The molecule has 0 aliphatic rings. The average Bonchev–Trinajstić information content (AvgIpc) is 2.60. The lowest BCUT2D eigenvalue weighted by molar-refractivity contribution is 0.0697. The highest BCUT2D eigenvalue weighted by atomic mass is 16.4. The van der Waals surface area contributed by atoms with Crippen molar-refractivity contribution in [3.8, 4) is 0 Å². The molecule has 0 aliphatic heterocycles. The molecule has 0 fully saturated rings. The maximum Gasteiger partial charge on any atom is 0.335 e. The summed E-state index contributed by atoms with van der Waals surface area (Å²) in [7, 11) is 3.87. The van der Waals surface area contributed by atoms with Gasteiger partial charge in [0.15, 0.2) is 11.5 Å². The van der Waals surface area contributed by atoms with E-state index in [2.05, 4.69) is 10.2 Å². The van der Waals surface area contributed by atoms with Crippen molar-refractivity contribution in [2.75, 3.05) is 14.1 Å². The first-order valence-corrected chi connectivity index (χ1v) is 4.79. The van der Waals surface area contributed by atoms with Gasteiger partial charge in [0.1, 0.15) is 0 Å². The molecule has 2 aromatic heterocycles. The van der Waals surface area contributed by atoms with Crippen LogP contribution in [-0.4, -0.2) is 44.7 Å². The molecule has 2 rings (SSSR count). The molecule has 6 heteroatoms. The summed E-state index contributed by atoms with van der Waals surface area (Å²) in [4.78, 5) is 12.7. The predicted octanol–water partition coefficient (Wildman–Crippen LogP) is 0.489. The quantitative estimate of drug-likeness (QED) is 0.815. The third-order valence-electron chi connectivity index (χ3n) is 2.19. The molecule has 0 saturated heterocycles. The molecule has 0 amide bonds. The van der Waals surface area contributed by atoms with Crippen LogP contribution in [0.3, 0.4) is 0 Å². The highest BCUT2D eigenvalue weighted by Gasteiger charge is 2.09. The van der Waals surface area contributed by atoms with E-state index in [1.807, 2.05) is 19.0 Å². The molecule has 0 aromatic carbocycles. The van der Waals surface area contributed by atoms with Crippen LogP contribution in [0.25, 0.3) is 5.65 Å². The highest BCUT2D eigenvalue weighted by Crippen LogP contribution is 2.08. The number of rotatable bonds is 3. The standard InChI is InChI=1S/C10H12N4O2/c1-13(2)6-9-12-11-8-5-7(10(15)16)3-4-14(8)9/h3-5H,6H2,1-2H3,(H,15,16). The van der Waals surface area contributed by atoms with Crippen molar-refractivity contribution in [3.05, 3.63) is 29.7 Å². The number of hydrogen-bond donors (Lipinski definition) is 1. The van der Waals surface area contributed by atoms with E-state index in [0.29, 0.717) is 12.2 Å². The van der Waals surface area contributed by atoms with Crippen molar-refractivity contribution >= 4 is 11.6 Å². The van der Waals surface area contributed by atoms with Gasteiger partial charge in [-0.25, -0.2) is 4.79 Å². The molecule has 6 nitrogen and oxygen atoms in total. The molecule has 0 atom stereocenters. The first-order valence-electron chi connectivity index (χ1n) is 4.79. The van der Waals surface area contributed by atoms with Crippen molar-refractivity contribution in [1.82, 2.24) is 19.5 Å². The number of nitrogens with zero attached hydrogens (tertiary/aromatic N) is 4. The molecule has 84 valence electrons. The van der Waals surface area contributed by atoms with Gasteiger partial charge in [-0.3, -0.25) is 4.40 Å². The summed E-state index contributed by atoms with van der Waals surface area (Å²) in [5, 5.41) is 16.8. The lowest BCUT2D eigenvalue weighted by Crippen LogP contribution is -2.13. The molecule has 2 heterocycles. The molecule has 0 radical (unpaired) electrons. The number of aromatic nitrogens is 3. The molecule has 0 spiro atoms. The second-order valence-electron chi connectivity index (χ2n) is 3.80. The maximum absolute atomic E-state index is 10.8. The Morgan fingerprint density at radius 2 is 2.25 bits per heavy atom. The van der Waals surface area contributed by atoms with Crippen LogP contribution < -0.4 is 0 Å². The topological polar surface area (TPSA) is 70.7 Å². The Labute approximate surface area is 92.1 Å². The van der Waals surface area contributed by atoms with Crippen molar-refractivity contribution in [2.24, 2.45) is 0 Å². The minimum absolute atomic E-state index is 0.219. The number of aromatic carboxylic acids is 1. The summed E-state index contributed by atoms with van der Waals surface area (Å²) < 4.78 is 1.78. The van der Waals surface area contributed by atoms with Crippen molar-refractivity contribution in [2.45, 2.75) is 6.54 Å². The Morgan fingerprint density at radius 3 is 2.88 bits per heavy atom.